The Morgan fingerprint density at radius 2 is 1.96 bits per heavy atom. The Morgan fingerprint density at radius 3 is 2.71 bits per heavy atom. The first-order chi connectivity index (χ1) is 11.5. The summed E-state index contributed by atoms with van der Waals surface area (Å²) in [5, 5.41) is 3.43. The van der Waals surface area contributed by atoms with Gasteiger partial charge in [0.15, 0.2) is 0 Å². The summed E-state index contributed by atoms with van der Waals surface area (Å²) < 4.78 is 5.83. The van der Waals surface area contributed by atoms with Crippen LogP contribution in [0.2, 0.25) is 0 Å². The van der Waals surface area contributed by atoms with E-state index in [0.717, 1.165) is 24.4 Å². The Hall–Kier alpha value is -2.33. The first-order valence-electron chi connectivity index (χ1n) is 8.35. The van der Waals surface area contributed by atoms with Crippen LogP contribution in [0.15, 0.2) is 54.6 Å². The molecule has 4 nitrogen and oxygen atoms in total. The van der Waals surface area contributed by atoms with Crippen LogP contribution in [-0.4, -0.2) is 36.0 Å². The van der Waals surface area contributed by atoms with Crippen LogP contribution in [-0.2, 0) is 6.61 Å². The molecule has 1 fully saturated rings. The van der Waals surface area contributed by atoms with Gasteiger partial charge >= 0.3 is 0 Å². The van der Waals surface area contributed by atoms with Gasteiger partial charge in [0, 0.05) is 30.7 Å². The SMILES string of the molecule is CC1(C)CN(C(=O)c2cccc(OCc3ccccc3)c2)CCN1. The van der Waals surface area contributed by atoms with Gasteiger partial charge in [0.1, 0.15) is 12.4 Å². The van der Waals surface area contributed by atoms with Gasteiger partial charge in [0.25, 0.3) is 5.91 Å². The third kappa shape index (κ3) is 4.15. The predicted octanol–water partition coefficient (Wildman–Crippen LogP) is 3.09. The molecule has 0 atom stereocenters. The minimum Gasteiger partial charge on any atom is -0.489 e. The molecule has 2 aromatic rings. The normalized spacial score (nSPS) is 16.7. The fourth-order valence-corrected chi connectivity index (χ4v) is 2.96. The van der Waals surface area contributed by atoms with E-state index in [1.54, 1.807) is 0 Å². The lowest BCUT2D eigenvalue weighted by Crippen LogP contribution is -2.58. The van der Waals surface area contributed by atoms with Crippen LogP contribution in [0.1, 0.15) is 29.8 Å². The maximum Gasteiger partial charge on any atom is 0.254 e. The molecule has 126 valence electrons. The van der Waals surface area contributed by atoms with Crippen molar-refractivity contribution in [1.82, 2.24) is 10.2 Å². The van der Waals surface area contributed by atoms with Crippen molar-refractivity contribution in [3.05, 3.63) is 65.7 Å². The molecule has 0 saturated carbocycles. The average molecular weight is 324 g/mol. The van der Waals surface area contributed by atoms with E-state index in [1.807, 2.05) is 59.5 Å². The van der Waals surface area contributed by atoms with Crippen molar-refractivity contribution >= 4 is 5.91 Å². The van der Waals surface area contributed by atoms with E-state index >= 15 is 0 Å². The third-order valence-corrected chi connectivity index (χ3v) is 4.19. The molecular weight excluding hydrogens is 300 g/mol. The maximum atomic E-state index is 12.8. The highest BCUT2D eigenvalue weighted by Crippen LogP contribution is 2.19. The van der Waals surface area contributed by atoms with Crippen molar-refractivity contribution in [3.63, 3.8) is 0 Å². The summed E-state index contributed by atoms with van der Waals surface area (Å²) in [7, 11) is 0. The zero-order valence-corrected chi connectivity index (χ0v) is 14.3. The van der Waals surface area contributed by atoms with Gasteiger partial charge in [-0.25, -0.2) is 0 Å². The highest BCUT2D eigenvalue weighted by molar-refractivity contribution is 5.94. The summed E-state index contributed by atoms with van der Waals surface area (Å²) in [6.45, 7) is 7.00. The van der Waals surface area contributed by atoms with Crippen molar-refractivity contribution in [2.75, 3.05) is 19.6 Å². The Morgan fingerprint density at radius 1 is 1.17 bits per heavy atom. The van der Waals surface area contributed by atoms with Gasteiger partial charge < -0.3 is 15.0 Å². The number of rotatable bonds is 4. The summed E-state index contributed by atoms with van der Waals surface area (Å²) in [4.78, 5) is 14.7. The molecular formula is C20H24N2O2. The summed E-state index contributed by atoms with van der Waals surface area (Å²) >= 11 is 0. The van der Waals surface area contributed by atoms with Gasteiger partial charge in [-0.1, -0.05) is 36.4 Å². The van der Waals surface area contributed by atoms with E-state index in [0.29, 0.717) is 18.7 Å². The molecule has 1 N–H and O–H groups in total. The van der Waals surface area contributed by atoms with Crippen LogP contribution in [0.25, 0.3) is 0 Å². The average Bonchev–Trinajstić information content (AvgIpc) is 2.59. The number of piperazine rings is 1. The van der Waals surface area contributed by atoms with Crippen LogP contribution < -0.4 is 10.1 Å². The number of nitrogens with one attached hydrogen (secondary N) is 1. The van der Waals surface area contributed by atoms with Crippen LogP contribution in [0.4, 0.5) is 0 Å². The first-order valence-corrected chi connectivity index (χ1v) is 8.35. The van der Waals surface area contributed by atoms with E-state index in [1.165, 1.54) is 0 Å². The summed E-state index contributed by atoms with van der Waals surface area (Å²) in [5.74, 6) is 0.786. The number of amides is 1. The molecule has 1 saturated heterocycles. The Balaban J connectivity index is 1.67. The predicted molar refractivity (Wildman–Crippen MR) is 95.2 cm³/mol. The minimum absolute atomic E-state index is 0.0463. The lowest BCUT2D eigenvalue weighted by atomic mass is 10.0. The summed E-state index contributed by atoms with van der Waals surface area (Å²) in [5.41, 5.74) is 1.74. The molecule has 1 amide bonds. The smallest absolute Gasteiger partial charge is 0.254 e. The first kappa shape index (κ1) is 16.5. The van der Waals surface area contributed by atoms with Crippen LogP contribution in [0, 0.1) is 0 Å². The second-order valence-corrected chi connectivity index (χ2v) is 6.84. The van der Waals surface area contributed by atoms with E-state index in [4.69, 9.17) is 4.74 Å². The van der Waals surface area contributed by atoms with Gasteiger partial charge in [-0.3, -0.25) is 4.79 Å². The zero-order valence-electron chi connectivity index (χ0n) is 14.3. The molecule has 0 radical (unpaired) electrons. The lowest BCUT2D eigenvalue weighted by Gasteiger charge is -2.39. The van der Waals surface area contributed by atoms with Gasteiger partial charge in [-0.05, 0) is 37.6 Å². The summed E-state index contributed by atoms with van der Waals surface area (Å²) in [6, 6.07) is 17.5. The highest BCUT2D eigenvalue weighted by atomic mass is 16.5. The molecule has 0 spiro atoms. The largest absolute Gasteiger partial charge is 0.489 e. The molecule has 1 heterocycles. The second kappa shape index (κ2) is 7.05. The Labute approximate surface area is 143 Å². The van der Waals surface area contributed by atoms with Crippen LogP contribution in [0.5, 0.6) is 5.75 Å². The topological polar surface area (TPSA) is 41.6 Å². The standard InChI is InChI=1S/C20H24N2O2/c1-20(2)15-22(12-11-21-20)19(23)17-9-6-10-18(13-17)24-14-16-7-4-3-5-8-16/h3-10,13,21H,11-12,14-15H2,1-2H3. The van der Waals surface area contributed by atoms with Gasteiger partial charge in [-0.15, -0.1) is 0 Å². The molecule has 2 aromatic carbocycles. The van der Waals surface area contributed by atoms with Crippen molar-refractivity contribution < 1.29 is 9.53 Å². The Bertz CT molecular complexity index is 698. The highest BCUT2D eigenvalue weighted by Gasteiger charge is 2.29. The fourth-order valence-electron chi connectivity index (χ4n) is 2.96. The van der Waals surface area contributed by atoms with E-state index in [9.17, 15) is 4.79 Å². The van der Waals surface area contributed by atoms with Crippen LogP contribution >= 0.6 is 0 Å². The number of hydrogen-bond donors (Lipinski definition) is 1. The van der Waals surface area contributed by atoms with Crippen molar-refractivity contribution in [2.24, 2.45) is 0 Å². The molecule has 4 heteroatoms. The number of hydrogen-bond acceptors (Lipinski definition) is 3. The molecule has 0 bridgehead atoms. The molecule has 3 rings (SSSR count). The maximum absolute atomic E-state index is 12.8. The van der Waals surface area contributed by atoms with Crippen LogP contribution in [0.3, 0.4) is 0 Å². The Kier molecular flexibility index (Phi) is 4.86. The lowest BCUT2D eigenvalue weighted by molar-refractivity contribution is 0.0651. The number of nitrogens with zero attached hydrogens (tertiary/aromatic N) is 1. The molecule has 0 aromatic heterocycles. The number of ether oxygens (including phenoxy) is 1. The van der Waals surface area contributed by atoms with E-state index < -0.39 is 0 Å². The third-order valence-electron chi connectivity index (χ3n) is 4.19. The van der Waals surface area contributed by atoms with E-state index in [2.05, 4.69) is 19.2 Å². The number of carbonyl (C=O) groups is 1. The monoisotopic (exact) mass is 324 g/mol. The molecule has 1 aliphatic rings. The van der Waals surface area contributed by atoms with Gasteiger partial charge in [-0.2, -0.15) is 0 Å². The van der Waals surface area contributed by atoms with Crippen molar-refractivity contribution in [2.45, 2.75) is 26.0 Å². The molecule has 1 aliphatic heterocycles. The molecule has 24 heavy (non-hydrogen) atoms. The number of benzene rings is 2. The van der Waals surface area contributed by atoms with Crippen molar-refractivity contribution in [1.29, 1.82) is 0 Å². The fraction of sp³-hybridized carbons (Fsp3) is 0.350. The van der Waals surface area contributed by atoms with Gasteiger partial charge in [0.2, 0.25) is 0 Å². The summed E-state index contributed by atoms with van der Waals surface area (Å²) in [6.07, 6.45) is 0. The quantitative estimate of drug-likeness (QED) is 0.940. The molecule has 0 aliphatic carbocycles. The molecule has 0 unspecified atom stereocenters. The second-order valence-electron chi connectivity index (χ2n) is 6.84. The van der Waals surface area contributed by atoms with Crippen molar-refractivity contribution in [3.8, 4) is 5.75 Å². The zero-order chi connectivity index (χ0) is 17.0. The van der Waals surface area contributed by atoms with Gasteiger partial charge in [0.05, 0.1) is 0 Å². The minimum atomic E-state index is -0.0463. The number of carbonyl (C=O) groups excluding carboxylic acids is 1. The van der Waals surface area contributed by atoms with E-state index in [-0.39, 0.29) is 11.4 Å².